The fourth-order valence-electron chi connectivity index (χ4n) is 5.03. The van der Waals surface area contributed by atoms with E-state index < -0.39 is 0 Å². The molecule has 1 unspecified atom stereocenters. The lowest BCUT2D eigenvalue weighted by Gasteiger charge is -2.47. The van der Waals surface area contributed by atoms with E-state index in [1.807, 2.05) is 12.3 Å². The van der Waals surface area contributed by atoms with Crippen molar-refractivity contribution in [2.45, 2.75) is 51.5 Å². The summed E-state index contributed by atoms with van der Waals surface area (Å²) in [4.78, 5) is 22.2. The summed E-state index contributed by atoms with van der Waals surface area (Å²) in [7, 11) is 0. The summed E-state index contributed by atoms with van der Waals surface area (Å²) >= 11 is 0. The summed E-state index contributed by atoms with van der Waals surface area (Å²) in [6, 6.07) is 4.03. The number of hydrogen-bond donors (Lipinski definition) is 0. The standard InChI is InChI=1S/C22H31N3O/c26-21-22(9-5-13-25(21)18-20-8-4-12-23-16-20)10-14-24(15-11-22)17-19-6-2-1-3-7-19/h1-2,4,8,12,16,19H,3,5-7,9-11,13-15,17-18H2. The van der Waals surface area contributed by atoms with E-state index in [9.17, 15) is 4.79 Å². The molecule has 3 heterocycles. The normalized spacial score (nSPS) is 26.4. The second-order valence-corrected chi connectivity index (χ2v) is 8.42. The summed E-state index contributed by atoms with van der Waals surface area (Å²) in [5, 5.41) is 0. The van der Waals surface area contributed by atoms with E-state index in [1.54, 1.807) is 6.20 Å². The van der Waals surface area contributed by atoms with E-state index in [-0.39, 0.29) is 5.41 Å². The number of pyridine rings is 1. The molecule has 1 atom stereocenters. The SMILES string of the molecule is O=C1N(Cc2cccnc2)CCCC12CCN(CC1CC=CCC1)CC2. The van der Waals surface area contributed by atoms with Gasteiger partial charge in [-0.3, -0.25) is 9.78 Å². The molecule has 0 aromatic carbocycles. The second-order valence-electron chi connectivity index (χ2n) is 8.42. The van der Waals surface area contributed by atoms with Crippen LogP contribution in [0.3, 0.4) is 0 Å². The molecule has 3 aliphatic rings. The number of likely N-dealkylation sites (tertiary alicyclic amines) is 2. The molecule has 1 aromatic rings. The van der Waals surface area contributed by atoms with E-state index >= 15 is 0 Å². The first-order valence-corrected chi connectivity index (χ1v) is 10.3. The van der Waals surface area contributed by atoms with Gasteiger partial charge in [-0.05, 0) is 75.6 Å². The predicted molar refractivity (Wildman–Crippen MR) is 103 cm³/mol. The molecule has 2 saturated heterocycles. The van der Waals surface area contributed by atoms with Crippen LogP contribution in [0, 0.1) is 11.3 Å². The maximum absolute atomic E-state index is 13.3. The minimum absolute atomic E-state index is 0.0938. The summed E-state index contributed by atoms with van der Waals surface area (Å²) in [6.45, 7) is 5.01. The molecule has 0 radical (unpaired) electrons. The van der Waals surface area contributed by atoms with Gasteiger partial charge in [-0.2, -0.15) is 0 Å². The molecule has 1 aliphatic carbocycles. The van der Waals surface area contributed by atoms with Gasteiger partial charge >= 0.3 is 0 Å². The maximum Gasteiger partial charge on any atom is 0.229 e. The first-order valence-electron chi connectivity index (χ1n) is 10.3. The number of carbonyl (C=O) groups is 1. The molecule has 2 aliphatic heterocycles. The fourth-order valence-corrected chi connectivity index (χ4v) is 5.03. The predicted octanol–water partition coefficient (Wildman–Crippen LogP) is 3.64. The lowest BCUT2D eigenvalue weighted by molar-refractivity contribution is -0.150. The first-order chi connectivity index (χ1) is 12.8. The van der Waals surface area contributed by atoms with Crippen molar-refractivity contribution in [3.63, 3.8) is 0 Å². The van der Waals surface area contributed by atoms with Gasteiger partial charge < -0.3 is 9.80 Å². The third-order valence-corrected chi connectivity index (χ3v) is 6.63. The van der Waals surface area contributed by atoms with Crippen LogP contribution in [0.5, 0.6) is 0 Å². The van der Waals surface area contributed by atoms with Crippen LogP contribution in [0.2, 0.25) is 0 Å². The molecule has 4 nitrogen and oxygen atoms in total. The van der Waals surface area contributed by atoms with Crippen LogP contribution < -0.4 is 0 Å². The number of hydrogen-bond acceptors (Lipinski definition) is 3. The van der Waals surface area contributed by atoms with Gasteiger partial charge in [0.15, 0.2) is 0 Å². The van der Waals surface area contributed by atoms with Gasteiger partial charge in [0.1, 0.15) is 0 Å². The van der Waals surface area contributed by atoms with Gasteiger partial charge in [-0.15, -0.1) is 0 Å². The number of allylic oxidation sites excluding steroid dienone is 2. The summed E-state index contributed by atoms with van der Waals surface area (Å²) in [6.07, 6.45) is 16.4. The summed E-state index contributed by atoms with van der Waals surface area (Å²) in [5.41, 5.74) is 1.05. The zero-order chi connectivity index (χ0) is 17.8. The summed E-state index contributed by atoms with van der Waals surface area (Å²) in [5.74, 6) is 1.21. The summed E-state index contributed by atoms with van der Waals surface area (Å²) < 4.78 is 0. The van der Waals surface area contributed by atoms with Crippen LogP contribution in [0.25, 0.3) is 0 Å². The molecule has 26 heavy (non-hydrogen) atoms. The van der Waals surface area contributed by atoms with Crippen LogP contribution in [0.1, 0.15) is 50.5 Å². The zero-order valence-electron chi connectivity index (χ0n) is 15.8. The Morgan fingerprint density at radius 3 is 2.77 bits per heavy atom. The van der Waals surface area contributed by atoms with Gasteiger partial charge in [0.05, 0.1) is 5.41 Å². The van der Waals surface area contributed by atoms with E-state index in [2.05, 4.69) is 33.0 Å². The largest absolute Gasteiger partial charge is 0.338 e. The van der Waals surface area contributed by atoms with Crippen molar-refractivity contribution in [3.05, 3.63) is 42.2 Å². The van der Waals surface area contributed by atoms with Crippen molar-refractivity contribution < 1.29 is 4.79 Å². The Morgan fingerprint density at radius 1 is 1.15 bits per heavy atom. The molecule has 0 N–H and O–H groups in total. The van der Waals surface area contributed by atoms with E-state index in [0.717, 1.165) is 56.8 Å². The third-order valence-electron chi connectivity index (χ3n) is 6.63. The topological polar surface area (TPSA) is 36.4 Å². The number of nitrogens with zero attached hydrogens (tertiary/aromatic N) is 3. The lowest BCUT2D eigenvalue weighted by atomic mass is 9.71. The molecular formula is C22H31N3O. The van der Waals surface area contributed by atoms with Crippen LogP contribution in [-0.2, 0) is 11.3 Å². The van der Waals surface area contributed by atoms with Crippen LogP contribution in [0.4, 0.5) is 0 Å². The number of aromatic nitrogens is 1. The zero-order valence-corrected chi connectivity index (χ0v) is 15.8. The number of piperidine rings is 2. The van der Waals surface area contributed by atoms with Crippen molar-refractivity contribution in [2.75, 3.05) is 26.2 Å². The average Bonchev–Trinajstić information content (AvgIpc) is 2.69. The van der Waals surface area contributed by atoms with E-state index in [4.69, 9.17) is 0 Å². The number of rotatable bonds is 4. The average molecular weight is 354 g/mol. The van der Waals surface area contributed by atoms with Crippen LogP contribution >= 0.6 is 0 Å². The second kappa shape index (κ2) is 7.91. The lowest BCUT2D eigenvalue weighted by Crippen LogP contribution is -2.53. The highest BCUT2D eigenvalue weighted by Gasteiger charge is 2.45. The quantitative estimate of drug-likeness (QED) is 0.776. The third kappa shape index (κ3) is 3.85. The molecule has 0 saturated carbocycles. The van der Waals surface area contributed by atoms with E-state index in [0.29, 0.717) is 12.5 Å². The Hall–Kier alpha value is -1.68. The van der Waals surface area contributed by atoms with Crippen LogP contribution in [0.15, 0.2) is 36.7 Å². The molecule has 4 heteroatoms. The fraction of sp³-hybridized carbons (Fsp3) is 0.636. The first kappa shape index (κ1) is 17.7. The number of amides is 1. The smallest absolute Gasteiger partial charge is 0.229 e. The van der Waals surface area contributed by atoms with Crippen molar-refractivity contribution in [1.29, 1.82) is 0 Å². The molecular weight excluding hydrogens is 322 g/mol. The number of carbonyl (C=O) groups excluding carboxylic acids is 1. The highest BCUT2D eigenvalue weighted by atomic mass is 16.2. The van der Waals surface area contributed by atoms with Gasteiger partial charge in [0, 0.05) is 32.0 Å². The molecule has 2 fully saturated rings. The molecule has 1 aromatic heterocycles. The van der Waals surface area contributed by atoms with Crippen molar-refractivity contribution in [2.24, 2.45) is 11.3 Å². The minimum Gasteiger partial charge on any atom is -0.338 e. The Kier molecular flexibility index (Phi) is 5.39. The van der Waals surface area contributed by atoms with Crippen LogP contribution in [-0.4, -0.2) is 46.9 Å². The Morgan fingerprint density at radius 2 is 2.04 bits per heavy atom. The highest BCUT2D eigenvalue weighted by Crippen LogP contribution is 2.41. The molecule has 140 valence electrons. The van der Waals surface area contributed by atoms with Crippen molar-refractivity contribution in [3.8, 4) is 0 Å². The minimum atomic E-state index is -0.0938. The molecule has 1 amide bonds. The van der Waals surface area contributed by atoms with Gasteiger partial charge in [0.25, 0.3) is 0 Å². The Bertz CT molecular complexity index is 634. The monoisotopic (exact) mass is 353 g/mol. The highest BCUT2D eigenvalue weighted by molar-refractivity contribution is 5.83. The molecule has 4 rings (SSSR count). The van der Waals surface area contributed by atoms with Crippen molar-refractivity contribution >= 4 is 5.91 Å². The van der Waals surface area contributed by atoms with Gasteiger partial charge in [-0.1, -0.05) is 18.2 Å². The Balaban J connectivity index is 1.34. The maximum atomic E-state index is 13.3. The van der Waals surface area contributed by atoms with Gasteiger partial charge in [0.2, 0.25) is 5.91 Å². The van der Waals surface area contributed by atoms with Gasteiger partial charge in [-0.25, -0.2) is 0 Å². The van der Waals surface area contributed by atoms with E-state index in [1.165, 1.54) is 25.8 Å². The molecule has 1 spiro atoms. The Labute approximate surface area is 157 Å². The molecule has 0 bridgehead atoms. The van der Waals surface area contributed by atoms with Crippen molar-refractivity contribution in [1.82, 2.24) is 14.8 Å².